The summed E-state index contributed by atoms with van der Waals surface area (Å²) < 4.78 is 0. The van der Waals surface area contributed by atoms with Gasteiger partial charge in [0.1, 0.15) is 0 Å². The van der Waals surface area contributed by atoms with Crippen LogP contribution in [0.1, 0.15) is 44.5 Å². The highest BCUT2D eigenvalue weighted by atomic mass is 15.1. The quantitative estimate of drug-likeness (QED) is 0.165. The summed E-state index contributed by atoms with van der Waals surface area (Å²) in [6, 6.07) is 84.4. The van der Waals surface area contributed by atoms with Gasteiger partial charge >= 0.3 is 0 Å². The lowest BCUT2D eigenvalue weighted by molar-refractivity contribution is 0.767. The maximum absolute atomic E-state index is 6.36. The fourth-order valence-electron chi connectivity index (χ4n) is 10.2. The molecule has 0 fully saturated rings. The van der Waals surface area contributed by atoms with E-state index in [0.717, 1.165) is 22.7 Å². The van der Waals surface area contributed by atoms with Gasteiger partial charge in [-0.05, 0) is 115 Å². The summed E-state index contributed by atoms with van der Waals surface area (Å²) in [5, 5.41) is 0. The molecule has 2 nitrogen and oxygen atoms in total. The molecule has 9 aromatic rings. The Labute approximate surface area is 340 Å². The third kappa shape index (κ3) is 4.85. The normalized spacial score (nSPS) is 13.9. The fraction of sp³-hybridized carbons (Fsp3) is 0.0357. The second-order valence-corrected chi connectivity index (χ2v) is 15.4. The molecule has 2 aliphatic rings. The van der Waals surface area contributed by atoms with Crippen LogP contribution in [0.5, 0.6) is 0 Å². The number of hydrogen-bond acceptors (Lipinski definition) is 2. The average Bonchev–Trinajstić information content (AvgIpc) is 3.76. The van der Waals surface area contributed by atoms with Gasteiger partial charge in [-0.2, -0.15) is 0 Å². The van der Waals surface area contributed by atoms with Crippen molar-refractivity contribution < 1.29 is 0 Å². The Hall–Kier alpha value is -7.42. The molecule has 0 heterocycles. The molecule has 2 aliphatic carbocycles. The summed E-state index contributed by atoms with van der Waals surface area (Å²) in [6.45, 7) is 0. The summed E-state index contributed by atoms with van der Waals surface area (Å²) in [5.74, 6) is 0. The van der Waals surface area contributed by atoms with E-state index >= 15 is 0 Å². The molecule has 0 radical (unpaired) electrons. The molecular weight excluding hydrogens is 701 g/mol. The summed E-state index contributed by atoms with van der Waals surface area (Å²) >= 11 is 0. The number of fused-ring (bicyclic) bond motifs is 6. The number of nitrogens with zero attached hydrogens (tertiary/aromatic N) is 1. The molecule has 0 amide bonds. The molecule has 0 atom stereocenters. The Balaban J connectivity index is 1.19. The van der Waals surface area contributed by atoms with Gasteiger partial charge < -0.3 is 10.6 Å². The van der Waals surface area contributed by atoms with E-state index in [1.165, 1.54) is 66.8 Å². The van der Waals surface area contributed by atoms with Crippen LogP contribution in [0, 0.1) is 0 Å². The van der Waals surface area contributed by atoms with Crippen LogP contribution in [0.15, 0.2) is 231 Å². The molecule has 0 bridgehead atoms. The Morgan fingerprint density at radius 1 is 0.276 bits per heavy atom. The lowest BCUT2D eigenvalue weighted by Crippen LogP contribution is -2.29. The van der Waals surface area contributed by atoms with Gasteiger partial charge in [-0.15, -0.1) is 0 Å². The SMILES string of the molecule is Nc1ccc(N(c2ccc3c(c2)C(c2ccccc2)(c2ccccc2)c2ccccc2-3)c2ccc3c(c2)C(c2ccccc2)(c2ccccc2)c2ccccc2-3)cc1. The molecule has 0 spiro atoms. The second-order valence-electron chi connectivity index (χ2n) is 15.4. The minimum absolute atomic E-state index is 0.521. The van der Waals surface area contributed by atoms with Crippen molar-refractivity contribution in [2.24, 2.45) is 0 Å². The molecule has 0 aromatic heterocycles. The smallest absolute Gasteiger partial charge is 0.0714 e. The van der Waals surface area contributed by atoms with E-state index in [1.54, 1.807) is 0 Å². The molecular formula is C56H40N2. The van der Waals surface area contributed by atoms with Crippen LogP contribution in [0.25, 0.3) is 22.3 Å². The van der Waals surface area contributed by atoms with Crippen LogP contribution in [0.4, 0.5) is 22.7 Å². The Morgan fingerprint density at radius 2 is 0.586 bits per heavy atom. The highest BCUT2D eigenvalue weighted by Crippen LogP contribution is 2.59. The predicted octanol–water partition coefficient (Wildman–Crippen LogP) is 13.5. The van der Waals surface area contributed by atoms with Crippen molar-refractivity contribution in [1.82, 2.24) is 0 Å². The van der Waals surface area contributed by atoms with Gasteiger partial charge in [0.05, 0.1) is 10.8 Å². The van der Waals surface area contributed by atoms with E-state index in [0.29, 0.717) is 0 Å². The Kier molecular flexibility index (Phi) is 7.80. The first-order chi connectivity index (χ1) is 28.7. The van der Waals surface area contributed by atoms with E-state index < -0.39 is 10.8 Å². The van der Waals surface area contributed by atoms with Gasteiger partial charge in [0.2, 0.25) is 0 Å². The van der Waals surface area contributed by atoms with E-state index in [1.807, 2.05) is 12.1 Å². The van der Waals surface area contributed by atoms with Crippen molar-refractivity contribution in [2.75, 3.05) is 10.6 Å². The van der Waals surface area contributed by atoms with Crippen LogP contribution in [0.2, 0.25) is 0 Å². The minimum atomic E-state index is -0.521. The number of benzene rings is 9. The van der Waals surface area contributed by atoms with Gasteiger partial charge in [0.15, 0.2) is 0 Å². The van der Waals surface area contributed by atoms with E-state index in [4.69, 9.17) is 5.73 Å². The highest BCUT2D eigenvalue weighted by Gasteiger charge is 2.48. The molecule has 0 saturated heterocycles. The summed E-state index contributed by atoms with van der Waals surface area (Å²) in [4.78, 5) is 2.41. The molecule has 0 unspecified atom stereocenters. The molecule has 0 saturated carbocycles. The first-order valence-corrected chi connectivity index (χ1v) is 20.1. The number of hydrogen-bond donors (Lipinski definition) is 1. The first kappa shape index (κ1) is 33.9. The third-order valence-corrected chi connectivity index (χ3v) is 12.6. The molecule has 2 heteroatoms. The summed E-state index contributed by atoms with van der Waals surface area (Å²) in [5.41, 5.74) is 24.4. The zero-order chi connectivity index (χ0) is 38.7. The van der Waals surface area contributed by atoms with Crippen molar-refractivity contribution >= 4 is 22.7 Å². The van der Waals surface area contributed by atoms with Gasteiger partial charge in [0.25, 0.3) is 0 Å². The molecule has 11 rings (SSSR count). The molecule has 0 aliphatic heterocycles. The summed E-state index contributed by atoms with van der Waals surface area (Å²) in [6.07, 6.45) is 0. The van der Waals surface area contributed by atoms with E-state index in [-0.39, 0.29) is 0 Å². The van der Waals surface area contributed by atoms with Crippen molar-refractivity contribution in [3.8, 4) is 22.3 Å². The van der Waals surface area contributed by atoms with Crippen molar-refractivity contribution in [1.29, 1.82) is 0 Å². The lowest BCUT2D eigenvalue weighted by atomic mass is 9.67. The Morgan fingerprint density at radius 3 is 0.966 bits per heavy atom. The zero-order valence-corrected chi connectivity index (χ0v) is 32.0. The van der Waals surface area contributed by atoms with Crippen LogP contribution < -0.4 is 10.6 Å². The number of rotatable bonds is 7. The summed E-state index contributed by atoms with van der Waals surface area (Å²) in [7, 11) is 0. The second kappa shape index (κ2) is 13.4. The standard InChI is InChI=1S/C56H40N2/c57-43-29-31-44(32-30-43)58(45-33-35-49-47-25-13-15-27-51(47)55(53(49)37-45,39-17-5-1-6-18-39)40-19-7-2-8-20-40)46-34-36-50-48-26-14-16-28-52(48)56(54(50)38-46,41-21-9-3-10-22-41)42-23-11-4-12-24-42/h1-38H,57H2. The number of anilines is 4. The lowest BCUT2D eigenvalue weighted by Gasteiger charge is -2.36. The van der Waals surface area contributed by atoms with Gasteiger partial charge in [0, 0.05) is 22.7 Å². The highest BCUT2D eigenvalue weighted by molar-refractivity contribution is 5.92. The number of nitrogen functional groups attached to an aromatic ring is 1. The maximum atomic E-state index is 6.36. The Bertz CT molecular complexity index is 2680. The van der Waals surface area contributed by atoms with Gasteiger partial charge in [-0.25, -0.2) is 0 Å². The van der Waals surface area contributed by atoms with Crippen molar-refractivity contribution in [2.45, 2.75) is 10.8 Å². The average molecular weight is 741 g/mol. The molecule has 2 N–H and O–H groups in total. The third-order valence-electron chi connectivity index (χ3n) is 12.6. The predicted molar refractivity (Wildman–Crippen MR) is 240 cm³/mol. The van der Waals surface area contributed by atoms with Crippen LogP contribution in [-0.2, 0) is 10.8 Å². The topological polar surface area (TPSA) is 29.3 Å². The van der Waals surface area contributed by atoms with E-state index in [2.05, 4.69) is 223 Å². The largest absolute Gasteiger partial charge is 0.399 e. The molecule has 9 aromatic carbocycles. The van der Waals surface area contributed by atoms with Crippen LogP contribution in [0.3, 0.4) is 0 Å². The fourth-order valence-corrected chi connectivity index (χ4v) is 10.2. The van der Waals surface area contributed by atoms with Crippen LogP contribution >= 0.6 is 0 Å². The maximum Gasteiger partial charge on any atom is 0.0714 e. The molecule has 274 valence electrons. The zero-order valence-electron chi connectivity index (χ0n) is 32.0. The van der Waals surface area contributed by atoms with Crippen molar-refractivity contribution in [3.05, 3.63) is 275 Å². The molecule has 58 heavy (non-hydrogen) atoms. The number of nitrogens with two attached hydrogens (primary N) is 1. The minimum Gasteiger partial charge on any atom is -0.399 e. The van der Waals surface area contributed by atoms with Gasteiger partial charge in [-0.3, -0.25) is 0 Å². The van der Waals surface area contributed by atoms with Gasteiger partial charge in [-0.1, -0.05) is 182 Å². The monoisotopic (exact) mass is 740 g/mol. The van der Waals surface area contributed by atoms with E-state index in [9.17, 15) is 0 Å². The van der Waals surface area contributed by atoms with Crippen molar-refractivity contribution in [3.63, 3.8) is 0 Å². The van der Waals surface area contributed by atoms with Crippen LogP contribution in [-0.4, -0.2) is 0 Å². The first-order valence-electron chi connectivity index (χ1n) is 20.1.